The molecule has 0 aliphatic carbocycles. The van der Waals surface area contributed by atoms with Crippen molar-refractivity contribution in [2.75, 3.05) is 4.72 Å². The molecule has 0 saturated heterocycles. The Kier molecular flexibility index (Phi) is 5.51. The highest BCUT2D eigenvalue weighted by Gasteiger charge is 2.26. The van der Waals surface area contributed by atoms with Gasteiger partial charge in [0.25, 0.3) is 15.9 Å². The number of hydrogen-bond donors (Lipinski definition) is 2. The summed E-state index contributed by atoms with van der Waals surface area (Å²) in [7, 11) is -3.95. The molecule has 7 nitrogen and oxygen atoms in total. The highest BCUT2D eigenvalue weighted by molar-refractivity contribution is 7.92. The minimum absolute atomic E-state index is 0.0274. The highest BCUT2D eigenvalue weighted by Crippen LogP contribution is 2.25. The average Bonchev–Trinajstić information content (AvgIpc) is 3.01. The van der Waals surface area contributed by atoms with Gasteiger partial charge in [-0.15, -0.1) is 0 Å². The first-order valence-electron chi connectivity index (χ1n) is 8.70. The van der Waals surface area contributed by atoms with Gasteiger partial charge >= 0.3 is 0 Å². The molecule has 1 amide bonds. The summed E-state index contributed by atoms with van der Waals surface area (Å²) in [5, 5.41) is 6.57. The van der Waals surface area contributed by atoms with Crippen LogP contribution in [-0.4, -0.2) is 19.5 Å². The smallest absolute Gasteiger partial charge is 0.267 e. The molecule has 0 fully saturated rings. The Morgan fingerprint density at radius 1 is 1.04 bits per heavy atom. The third-order valence-corrected chi connectivity index (χ3v) is 5.91. The third-order valence-electron chi connectivity index (χ3n) is 4.30. The van der Waals surface area contributed by atoms with Gasteiger partial charge in [0.15, 0.2) is 10.7 Å². The summed E-state index contributed by atoms with van der Waals surface area (Å²) >= 11 is 0. The zero-order chi connectivity index (χ0) is 20.3. The highest BCUT2D eigenvalue weighted by atomic mass is 32.2. The van der Waals surface area contributed by atoms with Crippen LogP contribution >= 0.6 is 0 Å². The first kappa shape index (κ1) is 19.6. The monoisotopic (exact) mass is 399 g/mol. The van der Waals surface area contributed by atoms with Crippen LogP contribution in [0.2, 0.25) is 0 Å². The van der Waals surface area contributed by atoms with Crippen molar-refractivity contribution in [1.29, 1.82) is 0 Å². The van der Waals surface area contributed by atoms with Crippen LogP contribution in [0.15, 0.2) is 64.0 Å². The van der Waals surface area contributed by atoms with Crippen molar-refractivity contribution in [2.45, 2.75) is 31.7 Å². The number of aromatic nitrogens is 1. The Balaban J connectivity index is 1.86. The fourth-order valence-corrected chi connectivity index (χ4v) is 4.34. The number of para-hydroxylation sites is 1. The van der Waals surface area contributed by atoms with Crippen LogP contribution in [-0.2, 0) is 10.0 Å². The maximum atomic E-state index is 12.8. The molecular formula is C20H21N3O4S. The van der Waals surface area contributed by atoms with E-state index >= 15 is 0 Å². The Bertz CT molecular complexity index is 1070. The topological polar surface area (TPSA) is 101 Å². The van der Waals surface area contributed by atoms with Crippen molar-refractivity contribution in [2.24, 2.45) is 0 Å². The van der Waals surface area contributed by atoms with E-state index in [2.05, 4.69) is 15.2 Å². The van der Waals surface area contributed by atoms with Gasteiger partial charge in [0.1, 0.15) is 5.69 Å². The Morgan fingerprint density at radius 3 is 2.32 bits per heavy atom. The fourth-order valence-electron chi connectivity index (χ4n) is 2.92. The van der Waals surface area contributed by atoms with Crippen LogP contribution in [0, 0.1) is 13.8 Å². The van der Waals surface area contributed by atoms with Gasteiger partial charge in [-0.25, -0.2) is 8.42 Å². The summed E-state index contributed by atoms with van der Waals surface area (Å²) in [4.78, 5) is 12.8. The second kappa shape index (κ2) is 7.85. The lowest BCUT2D eigenvalue weighted by Crippen LogP contribution is -2.28. The molecule has 0 saturated carbocycles. The number of nitrogens with one attached hydrogen (secondary N) is 2. The predicted molar refractivity (Wildman–Crippen MR) is 106 cm³/mol. The van der Waals surface area contributed by atoms with Crippen LogP contribution in [0.1, 0.15) is 40.3 Å². The first-order chi connectivity index (χ1) is 13.3. The van der Waals surface area contributed by atoms with Gasteiger partial charge in [-0.3, -0.25) is 9.52 Å². The van der Waals surface area contributed by atoms with E-state index in [-0.39, 0.29) is 39.5 Å². The molecule has 0 unspecified atom stereocenters. The lowest BCUT2D eigenvalue weighted by molar-refractivity contribution is 0.0941. The van der Waals surface area contributed by atoms with Gasteiger partial charge in [0.05, 0.1) is 17.3 Å². The number of anilines is 1. The van der Waals surface area contributed by atoms with E-state index in [1.165, 1.54) is 13.0 Å². The molecule has 0 radical (unpaired) electrons. The number of amides is 1. The van der Waals surface area contributed by atoms with Crippen LogP contribution in [0.25, 0.3) is 0 Å². The summed E-state index contributed by atoms with van der Waals surface area (Å²) < 4.78 is 33.0. The first-order valence-corrected chi connectivity index (χ1v) is 10.2. The van der Waals surface area contributed by atoms with Gasteiger partial charge in [-0.1, -0.05) is 47.6 Å². The van der Waals surface area contributed by atoms with Gasteiger partial charge < -0.3 is 9.84 Å². The minimum atomic E-state index is -3.95. The molecule has 28 heavy (non-hydrogen) atoms. The number of sulfonamides is 1. The fraction of sp³-hybridized carbons (Fsp3) is 0.200. The van der Waals surface area contributed by atoms with Gasteiger partial charge in [-0.2, -0.15) is 0 Å². The van der Waals surface area contributed by atoms with E-state index in [1.807, 2.05) is 37.3 Å². The maximum Gasteiger partial charge on any atom is 0.267 e. The second-order valence-corrected chi connectivity index (χ2v) is 8.03. The summed E-state index contributed by atoms with van der Waals surface area (Å²) in [5.74, 6) is -0.196. The van der Waals surface area contributed by atoms with Gasteiger partial charge in [0, 0.05) is 0 Å². The molecule has 2 aromatic carbocycles. The number of benzene rings is 2. The van der Waals surface area contributed by atoms with E-state index in [1.54, 1.807) is 25.1 Å². The Labute approximate surface area is 163 Å². The number of nitrogens with zero attached hydrogens (tertiary/aromatic N) is 1. The van der Waals surface area contributed by atoms with Gasteiger partial charge in [0.2, 0.25) is 0 Å². The van der Waals surface area contributed by atoms with Crippen LogP contribution in [0.3, 0.4) is 0 Å². The van der Waals surface area contributed by atoms with E-state index in [0.29, 0.717) is 0 Å². The molecule has 3 rings (SSSR count). The zero-order valence-corrected chi connectivity index (χ0v) is 16.6. The molecule has 0 aliphatic heterocycles. The lowest BCUT2D eigenvalue weighted by Gasteiger charge is -2.16. The molecule has 1 heterocycles. The number of rotatable bonds is 6. The SMILES string of the molecule is Cc1noc(C)c1S(=O)(=O)Nc1ccccc1C(=O)N[C@H](C)c1ccccc1. The predicted octanol–water partition coefficient (Wildman–Crippen LogP) is 3.58. The van der Waals surface area contributed by atoms with Crippen molar-refractivity contribution in [3.63, 3.8) is 0 Å². The molecule has 8 heteroatoms. The van der Waals surface area contributed by atoms with Crippen molar-refractivity contribution >= 4 is 21.6 Å². The quantitative estimate of drug-likeness (QED) is 0.660. The normalized spacial score (nSPS) is 12.4. The molecule has 1 aromatic heterocycles. The second-order valence-electron chi connectivity index (χ2n) is 6.41. The molecule has 0 aliphatic rings. The average molecular weight is 399 g/mol. The summed E-state index contributed by atoms with van der Waals surface area (Å²) in [6.07, 6.45) is 0. The number of carbonyl (C=O) groups is 1. The minimum Gasteiger partial charge on any atom is -0.360 e. The number of hydrogen-bond acceptors (Lipinski definition) is 5. The summed E-state index contributed by atoms with van der Waals surface area (Å²) in [6, 6.07) is 15.7. The molecule has 3 aromatic rings. The van der Waals surface area contributed by atoms with Crippen molar-refractivity contribution in [1.82, 2.24) is 10.5 Å². The van der Waals surface area contributed by atoms with E-state index in [0.717, 1.165) is 5.56 Å². The van der Waals surface area contributed by atoms with Crippen molar-refractivity contribution in [3.8, 4) is 0 Å². The van der Waals surface area contributed by atoms with Crippen LogP contribution < -0.4 is 10.0 Å². The molecule has 0 bridgehead atoms. The van der Waals surface area contributed by atoms with E-state index < -0.39 is 10.0 Å². The Hall–Kier alpha value is -3.13. The third kappa shape index (κ3) is 4.07. The molecule has 146 valence electrons. The number of carbonyl (C=O) groups excluding carboxylic acids is 1. The van der Waals surface area contributed by atoms with E-state index in [4.69, 9.17) is 4.52 Å². The largest absolute Gasteiger partial charge is 0.360 e. The summed E-state index contributed by atoms with van der Waals surface area (Å²) in [6.45, 7) is 4.93. The molecule has 2 N–H and O–H groups in total. The van der Waals surface area contributed by atoms with Gasteiger partial charge in [-0.05, 0) is 38.5 Å². The van der Waals surface area contributed by atoms with Crippen LogP contribution in [0.5, 0.6) is 0 Å². The van der Waals surface area contributed by atoms with Crippen molar-refractivity contribution in [3.05, 3.63) is 77.2 Å². The van der Waals surface area contributed by atoms with Crippen LogP contribution in [0.4, 0.5) is 5.69 Å². The maximum absolute atomic E-state index is 12.8. The Morgan fingerprint density at radius 2 is 1.68 bits per heavy atom. The van der Waals surface area contributed by atoms with Crippen molar-refractivity contribution < 1.29 is 17.7 Å². The zero-order valence-electron chi connectivity index (χ0n) is 15.8. The standard InChI is InChI=1S/C20H21N3O4S/c1-13(16-9-5-4-6-10-16)21-20(24)17-11-7-8-12-18(17)23-28(25,26)19-14(2)22-27-15(19)3/h4-13,23H,1-3H3,(H,21,24)/t13-/m1/s1. The molecule has 1 atom stereocenters. The number of aryl methyl sites for hydroxylation is 2. The van der Waals surface area contributed by atoms with E-state index in [9.17, 15) is 13.2 Å². The summed E-state index contributed by atoms with van der Waals surface area (Å²) in [5.41, 5.74) is 1.61. The lowest BCUT2D eigenvalue weighted by atomic mass is 10.1. The molecular weight excluding hydrogens is 378 g/mol. The molecule has 0 spiro atoms.